The Bertz CT molecular complexity index is 347. The van der Waals surface area contributed by atoms with Crippen molar-refractivity contribution in [3.05, 3.63) is 28.3 Å². The van der Waals surface area contributed by atoms with E-state index < -0.39 is 5.97 Å². The maximum Gasteiger partial charge on any atom is 0.307 e. The molecule has 0 fully saturated rings. The molecule has 13 heavy (non-hydrogen) atoms. The van der Waals surface area contributed by atoms with Crippen molar-refractivity contribution in [3.63, 3.8) is 0 Å². The van der Waals surface area contributed by atoms with E-state index in [1.165, 1.54) is 12.1 Å². The third-order valence-electron chi connectivity index (χ3n) is 1.70. The summed E-state index contributed by atoms with van der Waals surface area (Å²) in [5.74, 6) is -1.01. The minimum Gasteiger partial charge on any atom is -0.508 e. The van der Waals surface area contributed by atoms with Crippen molar-refractivity contribution >= 4 is 17.6 Å². The molecular formula is C9H9ClO3. The number of hydrogen-bond acceptors (Lipinski definition) is 2. The maximum atomic E-state index is 10.4. The first kappa shape index (κ1) is 9.86. The van der Waals surface area contributed by atoms with Gasteiger partial charge >= 0.3 is 5.97 Å². The van der Waals surface area contributed by atoms with Crippen LogP contribution in [0.3, 0.4) is 0 Å². The van der Waals surface area contributed by atoms with Crippen LogP contribution >= 0.6 is 11.6 Å². The first-order valence-corrected chi connectivity index (χ1v) is 4.08. The van der Waals surface area contributed by atoms with Gasteiger partial charge in [0.2, 0.25) is 0 Å². The van der Waals surface area contributed by atoms with Crippen molar-refractivity contribution in [2.75, 3.05) is 0 Å². The van der Waals surface area contributed by atoms with Gasteiger partial charge in [0.15, 0.2) is 0 Å². The summed E-state index contributed by atoms with van der Waals surface area (Å²) >= 11 is 5.77. The van der Waals surface area contributed by atoms with Gasteiger partial charge < -0.3 is 10.2 Å². The Kier molecular flexibility index (Phi) is 2.78. The van der Waals surface area contributed by atoms with Gasteiger partial charge in [0.1, 0.15) is 5.75 Å². The van der Waals surface area contributed by atoms with Gasteiger partial charge in [0.05, 0.1) is 6.42 Å². The second-order valence-electron chi connectivity index (χ2n) is 2.80. The summed E-state index contributed by atoms with van der Waals surface area (Å²) < 4.78 is 0. The fourth-order valence-corrected chi connectivity index (χ4v) is 1.20. The summed E-state index contributed by atoms with van der Waals surface area (Å²) in [6.45, 7) is 1.74. The van der Waals surface area contributed by atoms with Crippen LogP contribution in [-0.2, 0) is 11.2 Å². The van der Waals surface area contributed by atoms with Crippen molar-refractivity contribution in [1.82, 2.24) is 0 Å². The Labute approximate surface area is 80.6 Å². The van der Waals surface area contributed by atoms with E-state index in [2.05, 4.69) is 0 Å². The number of aromatic hydroxyl groups is 1. The van der Waals surface area contributed by atoms with E-state index in [0.717, 1.165) is 5.56 Å². The zero-order valence-corrected chi connectivity index (χ0v) is 7.80. The van der Waals surface area contributed by atoms with Crippen LogP contribution in [0, 0.1) is 6.92 Å². The molecule has 0 spiro atoms. The number of phenols is 1. The molecule has 4 heteroatoms. The fourth-order valence-electron chi connectivity index (χ4n) is 1.01. The zero-order chi connectivity index (χ0) is 10.0. The molecule has 0 radical (unpaired) electrons. The summed E-state index contributed by atoms with van der Waals surface area (Å²) in [6.07, 6.45) is -0.216. The lowest BCUT2D eigenvalue weighted by Crippen LogP contribution is -2.00. The second-order valence-corrected chi connectivity index (χ2v) is 3.21. The summed E-state index contributed by atoms with van der Waals surface area (Å²) in [5.41, 5.74) is 1.07. The Morgan fingerprint density at radius 2 is 2.15 bits per heavy atom. The zero-order valence-electron chi connectivity index (χ0n) is 7.04. The van der Waals surface area contributed by atoms with Gasteiger partial charge in [0, 0.05) is 10.6 Å². The maximum absolute atomic E-state index is 10.4. The highest BCUT2D eigenvalue weighted by molar-refractivity contribution is 6.31. The first-order valence-electron chi connectivity index (χ1n) is 3.70. The minimum absolute atomic E-state index is 0.0238. The van der Waals surface area contributed by atoms with Crippen LogP contribution in [0.4, 0.5) is 0 Å². The van der Waals surface area contributed by atoms with Gasteiger partial charge in [-0.1, -0.05) is 11.6 Å². The first-order chi connectivity index (χ1) is 6.00. The lowest BCUT2D eigenvalue weighted by Gasteiger charge is -2.04. The Morgan fingerprint density at radius 3 is 2.69 bits per heavy atom. The van der Waals surface area contributed by atoms with E-state index >= 15 is 0 Å². The highest BCUT2D eigenvalue weighted by Crippen LogP contribution is 2.25. The number of carboxylic acid groups (broad SMARTS) is 1. The topological polar surface area (TPSA) is 57.5 Å². The molecule has 0 atom stereocenters. The molecule has 0 amide bonds. The van der Waals surface area contributed by atoms with Gasteiger partial charge in [-0.15, -0.1) is 0 Å². The van der Waals surface area contributed by atoms with Crippen LogP contribution in [0.25, 0.3) is 0 Å². The molecule has 1 aromatic carbocycles. The summed E-state index contributed by atoms with van der Waals surface area (Å²) in [4.78, 5) is 10.4. The molecule has 0 heterocycles. The predicted octanol–water partition coefficient (Wildman–Crippen LogP) is 1.98. The molecule has 2 N–H and O–H groups in total. The lowest BCUT2D eigenvalue weighted by atomic mass is 10.1. The van der Waals surface area contributed by atoms with Crippen LogP contribution in [-0.4, -0.2) is 16.2 Å². The van der Waals surface area contributed by atoms with E-state index in [0.29, 0.717) is 10.6 Å². The van der Waals surface area contributed by atoms with Gasteiger partial charge in [-0.25, -0.2) is 0 Å². The van der Waals surface area contributed by atoms with Gasteiger partial charge in [-0.2, -0.15) is 0 Å². The van der Waals surface area contributed by atoms with E-state index in [-0.39, 0.29) is 12.2 Å². The number of phenolic OH excluding ortho intramolecular Hbond substituents is 1. The highest BCUT2D eigenvalue weighted by Gasteiger charge is 2.08. The second kappa shape index (κ2) is 3.66. The summed E-state index contributed by atoms with van der Waals surface area (Å²) in [5, 5.41) is 18.3. The number of carbonyl (C=O) groups is 1. The van der Waals surface area contributed by atoms with Gasteiger partial charge in [-0.3, -0.25) is 4.79 Å². The van der Waals surface area contributed by atoms with E-state index in [9.17, 15) is 9.90 Å². The average Bonchev–Trinajstić information content (AvgIpc) is 1.99. The molecule has 0 saturated heterocycles. The normalized spacial score (nSPS) is 10.0. The van der Waals surface area contributed by atoms with Crippen molar-refractivity contribution in [2.24, 2.45) is 0 Å². The number of halogens is 1. The molecule has 1 aromatic rings. The molecule has 1 rings (SSSR count). The van der Waals surface area contributed by atoms with Gasteiger partial charge in [-0.05, 0) is 24.6 Å². The summed E-state index contributed by atoms with van der Waals surface area (Å²) in [6, 6.07) is 2.93. The minimum atomic E-state index is -0.991. The SMILES string of the molecule is Cc1cc(O)c(CC(=O)O)cc1Cl. The standard InChI is InChI=1S/C9H9ClO3/c1-5-2-8(11)6(3-7(5)10)4-9(12)13/h2-3,11H,4H2,1H3,(H,12,13). The highest BCUT2D eigenvalue weighted by atomic mass is 35.5. The molecule has 3 nitrogen and oxygen atoms in total. The number of hydrogen-bond donors (Lipinski definition) is 2. The van der Waals surface area contributed by atoms with Crippen LogP contribution in [0.5, 0.6) is 5.75 Å². The largest absolute Gasteiger partial charge is 0.508 e. The average molecular weight is 201 g/mol. The molecule has 0 saturated carbocycles. The number of aliphatic carboxylic acids is 1. The Hall–Kier alpha value is -1.22. The van der Waals surface area contributed by atoms with E-state index in [1.807, 2.05) is 0 Å². The smallest absolute Gasteiger partial charge is 0.307 e. The number of carboxylic acids is 1. The third kappa shape index (κ3) is 2.36. The van der Waals surface area contributed by atoms with Crippen LogP contribution in [0.1, 0.15) is 11.1 Å². The van der Waals surface area contributed by atoms with Crippen LogP contribution < -0.4 is 0 Å². The molecule has 0 aliphatic heterocycles. The third-order valence-corrected chi connectivity index (χ3v) is 2.11. The molecule has 0 aromatic heterocycles. The molecular weight excluding hydrogens is 192 g/mol. The lowest BCUT2D eigenvalue weighted by molar-refractivity contribution is -0.136. The van der Waals surface area contributed by atoms with E-state index in [4.69, 9.17) is 16.7 Å². The fraction of sp³-hybridized carbons (Fsp3) is 0.222. The quantitative estimate of drug-likeness (QED) is 0.768. The Balaban J connectivity index is 3.08. The van der Waals surface area contributed by atoms with Gasteiger partial charge in [0.25, 0.3) is 0 Å². The predicted molar refractivity (Wildman–Crippen MR) is 49.2 cm³/mol. The molecule has 0 unspecified atom stereocenters. The van der Waals surface area contributed by atoms with Crippen molar-refractivity contribution < 1.29 is 15.0 Å². The number of benzene rings is 1. The molecule has 0 aliphatic rings. The van der Waals surface area contributed by atoms with Crippen LogP contribution in [0.2, 0.25) is 5.02 Å². The molecule has 0 aliphatic carbocycles. The molecule has 0 bridgehead atoms. The Morgan fingerprint density at radius 1 is 1.54 bits per heavy atom. The van der Waals surface area contributed by atoms with Crippen molar-refractivity contribution in [2.45, 2.75) is 13.3 Å². The summed E-state index contributed by atoms with van der Waals surface area (Å²) in [7, 11) is 0. The van der Waals surface area contributed by atoms with E-state index in [1.54, 1.807) is 6.92 Å². The molecule has 70 valence electrons. The number of aryl methyl sites for hydroxylation is 1. The number of rotatable bonds is 2. The monoisotopic (exact) mass is 200 g/mol. The van der Waals surface area contributed by atoms with Crippen molar-refractivity contribution in [3.8, 4) is 5.75 Å². The van der Waals surface area contributed by atoms with Crippen LogP contribution in [0.15, 0.2) is 12.1 Å². The van der Waals surface area contributed by atoms with Crippen molar-refractivity contribution in [1.29, 1.82) is 0 Å².